The second kappa shape index (κ2) is 3.06. The van der Waals surface area contributed by atoms with Crippen LogP contribution in [0.3, 0.4) is 0 Å². The Kier molecular flexibility index (Phi) is 1.91. The Morgan fingerprint density at radius 1 is 1.33 bits per heavy atom. The summed E-state index contributed by atoms with van der Waals surface area (Å²) in [6.45, 7) is 0. The van der Waals surface area contributed by atoms with Gasteiger partial charge in [-0.2, -0.15) is 0 Å². The Balaban J connectivity index is 2.55. The largest absolute Gasteiger partial charge is 0.364 e. The smallest absolute Gasteiger partial charge is 0.124 e. The predicted molar refractivity (Wildman–Crippen MR) is 47.4 cm³/mol. The average Bonchev–Trinajstić information content (AvgIpc) is 2.57. The standard InChI is InChI=1S/C8H5BrN2O/c9-8-6(2-1-4-10-8)7-3-5-12-11-7/h1-5H. The molecule has 0 fully saturated rings. The normalized spacial score (nSPS) is 10.1. The molecule has 4 heteroatoms. The Labute approximate surface area is 77.5 Å². The van der Waals surface area contributed by atoms with Gasteiger partial charge < -0.3 is 4.52 Å². The fourth-order valence-electron chi connectivity index (χ4n) is 0.929. The van der Waals surface area contributed by atoms with Gasteiger partial charge in [0.2, 0.25) is 0 Å². The van der Waals surface area contributed by atoms with Gasteiger partial charge in [0.1, 0.15) is 16.6 Å². The van der Waals surface area contributed by atoms with Crippen molar-refractivity contribution in [1.29, 1.82) is 0 Å². The number of pyridine rings is 1. The molecule has 60 valence electrons. The van der Waals surface area contributed by atoms with Crippen LogP contribution in [0.1, 0.15) is 0 Å². The van der Waals surface area contributed by atoms with Gasteiger partial charge in [0, 0.05) is 17.8 Å². The summed E-state index contributed by atoms with van der Waals surface area (Å²) in [4.78, 5) is 4.07. The average molecular weight is 225 g/mol. The molecule has 0 aliphatic carbocycles. The van der Waals surface area contributed by atoms with Crippen LogP contribution in [0.15, 0.2) is 39.8 Å². The van der Waals surface area contributed by atoms with Crippen LogP contribution in [0, 0.1) is 0 Å². The number of hydrogen-bond donors (Lipinski definition) is 0. The second-order valence-electron chi connectivity index (χ2n) is 2.23. The van der Waals surface area contributed by atoms with Crippen molar-refractivity contribution >= 4 is 15.9 Å². The van der Waals surface area contributed by atoms with Crippen molar-refractivity contribution in [2.24, 2.45) is 0 Å². The molecule has 12 heavy (non-hydrogen) atoms. The zero-order valence-corrected chi connectivity index (χ0v) is 7.65. The van der Waals surface area contributed by atoms with E-state index in [1.54, 1.807) is 12.3 Å². The number of rotatable bonds is 1. The van der Waals surface area contributed by atoms with Gasteiger partial charge in [-0.15, -0.1) is 0 Å². The van der Waals surface area contributed by atoms with E-state index in [2.05, 4.69) is 26.1 Å². The maximum Gasteiger partial charge on any atom is 0.124 e. The first-order valence-corrected chi connectivity index (χ1v) is 4.18. The lowest BCUT2D eigenvalue weighted by atomic mass is 10.2. The molecule has 0 N–H and O–H groups in total. The number of nitrogens with zero attached hydrogens (tertiary/aromatic N) is 2. The molecular formula is C8H5BrN2O. The van der Waals surface area contributed by atoms with Crippen LogP contribution in [-0.2, 0) is 0 Å². The van der Waals surface area contributed by atoms with E-state index < -0.39 is 0 Å². The maximum atomic E-state index is 4.73. The molecule has 0 aliphatic heterocycles. The topological polar surface area (TPSA) is 38.9 Å². The minimum atomic E-state index is 0.777. The van der Waals surface area contributed by atoms with Crippen LogP contribution < -0.4 is 0 Å². The molecule has 0 saturated carbocycles. The van der Waals surface area contributed by atoms with Crippen molar-refractivity contribution in [1.82, 2.24) is 10.1 Å². The van der Waals surface area contributed by atoms with Gasteiger partial charge in [-0.3, -0.25) is 0 Å². The summed E-state index contributed by atoms with van der Waals surface area (Å²) in [6, 6.07) is 5.57. The van der Waals surface area contributed by atoms with Crippen molar-refractivity contribution in [3.05, 3.63) is 35.3 Å². The fraction of sp³-hybridized carbons (Fsp3) is 0. The molecule has 2 heterocycles. The zero-order chi connectivity index (χ0) is 8.39. The fourth-order valence-corrected chi connectivity index (χ4v) is 1.38. The third kappa shape index (κ3) is 1.25. The van der Waals surface area contributed by atoms with E-state index in [-0.39, 0.29) is 0 Å². The van der Waals surface area contributed by atoms with Crippen LogP contribution in [0.5, 0.6) is 0 Å². The van der Waals surface area contributed by atoms with E-state index in [1.165, 1.54) is 6.26 Å². The van der Waals surface area contributed by atoms with Crippen molar-refractivity contribution in [3.63, 3.8) is 0 Å². The van der Waals surface area contributed by atoms with Crippen LogP contribution in [-0.4, -0.2) is 10.1 Å². The Hall–Kier alpha value is -1.16. The molecule has 3 nitrogen and oxygen atoms in total. The number of halogens is 1. The quantitative estimate of drug-likeness (QED) is 0.700. The Morgan fingerprint density at radius 3 is 2.92 bits per heavy atom. The molecule has 0 bridgehead atoms. The zero-order valence-electron chi connectivity index (χ0n) is 6.07. The molecule has 0 spiro atoms. The number of aromatic nitrogens is 2. The summed E-state index contributed by atoms with van der Waals surface area (Å²) < 4.78 is 5.50. The van der Waals surface area contributed by atoms with Gasteiger partial charge in [-0.25, -0.2) is 4.98 Å². The van der Waals surface area contributed by atoms with E-state index in [9.17, 15) is 0 Å². The van der Waals surface area contributed by atoms with E-state index in [4.69, 9.17) is 4.52 Å². The molecule has 0 aliphatic rings. The maximum absolute atomic E-state index is 4.73. The highest BCUT2D eigenvalue weighted by atomic mass is 79.9. The first kappa shape index (κ1) is 7.49. The lowest BCUT2D eigenvalue weighted by Crippen LogP contribution is -1.81. The van der Waals surface area contributed by atoms with Crippen LogP contribution >= 0.6 is 15.9 Å². The number of hydrogen-bond acceptors (Lipinski definition) is 3. The molecule has 2 rings (SSSR count). The lowest BCUT2D eigenvalue weighted by Gasteiger charge is -1.95. The molecule has 0 saturated heterocycles. The van der Waals surface area contributed by atoms with Crippen LogP contribution in [0.2, 0.25) is 0 Å². The third-order valence-electron chi connectivity index (χ3n) is 1.47. The molecule has 2 aromatic rings. The molecule has 0 atom stereocenters. The van der Waals surface area contributed by atoms with Crippen LogP contribution in [0.4, 0.5) is 0 Å². The van der Waals surface area contributed by atoms with Crippen molar-refractivity contribution in [2.45, 2.75) is 0 Å². The van der Waals surface area contributed by atoms with Gasteiger partial charge in [0.05, 0.1) is 0 Å². The highest BCUT2D eigenvalue weighted by molar-refractivity contribution is 9.10. The lowest BCUT2D eigenvalue weighted by molar-refractivity contribution is 0.422. The highest BCUT2D eigenvalue weighted by Crippen LogP contribution is 2.23. The molecular weight excluding hydrogens is 220 g/mol. The molecule has 0 radical (unpaired) electrons. The van der Waals surface area contributed by atoms with E-state index in [0.29, 0.717) is 0 Å². The van der Waals surface area contributed by atoms with E-state index in [1.807, 2.05) is 12.1 Å². The van der Waals surface area contributed by atoms with Gasteiger partial charge in [0.25, 0.3) is 0 Å². The molecule has 0 aromatic carbocycles. The monoisotopic (exact) mass is 224 g/mol. The van der Waals surface area contributed by atoms with E-state index >= 15 is 0 Å². The summed E-state index contributed by atoms with van der Waals surface area (Å²) in [7, 11) is 0. The summed E-state index contributed by atoms with van der Waals surface area (Å²) in [5, 5.41) is 3.80. The van der Waals surface area contributed by atoms with Gasteiger partial charge in [-0.05, 0) is 28.1 Å². The Bertz CT molecular complexity index is 372. The minimum absolute atomic E-state index is 0.777. The third-order valence-corrected chi connectivity index (χ3v) is 2.10. The SMILES string of the molecule is Brc1ncccc1-c1ccon1. The summed E-state index contributed by atoms with van der Waals surface area (Å²) in [5.74, 6) is 0. The Morgan fingerprint density at radius 2 is 2.25 bits per heavy atom. The molecule has 2 aromatic heterocycles. The second-order valence-corrected chi connectivity index (χ2v) is 2.98. The van der Waals surface area contributed by atoms with E-state index in [0.717, 1.165) is 15.9 Å². The predicted octanol–water partition coefficient (Wildman–Crippen LogP) is 2.50. The summed E-state index contributed by atoms with van der Waals surface area (Å²) in [6.07, 6.45) is 3.25. The van der Waals surface area contributed by atoms with Gasteiger partial charge in [0.15, 0.2) is 0 Å². The first-order valence-electron chi connectivity index (χ1n) is 3.39. The van der Waals surface area contributed by atoms with Crippen molar-refractivity contribution in [2.75, 3.05) is 0 Å². The molecule has 0 amide bonds. The summed E-state index contributed by atoms with van der Waals surface area (Å²) in [5.41, 5.74) is 1.72. The van der Waals surface area contributed by atoms with Gasteiger partial charge >= 0.3 is 0 Å². The highest BCUT2D eigenvalue weighted by Gasteiger charge is 2.04. The van der Waals surface area contributed by atoms with Crippen molar-refractivity contribution < 1.29 is 4.52 Å². The van der Waals surface area contributed by atoms with Crippen molar-refractivity contribution in [3.8, 4) is 11.3 Å². The van der Waals surface area contributed by atoms with Crippen LogP contribution in [0.25, 0.3) is 11.3 Å². The minimum Gasteiger partial charge on any atom is -0.364 e. The van der Waals surface area contributed by atoms with Gasteiger partial charge in [-0.1, -0.05) is 5.16 Å². The summed E-state index contributed by atoms with van der Waals surface area (Å²) >= 11 is 3.32. The molecule has 0 unspecified atom stereocenters. The first-order chi connectivity index (χ1) is 5.88.